The van der Waals surface area contributed by atoms with Crippen molar-refractivity contribution in [2.45, 2.75) is 31.5 Å². The van der Waals surface area contributed by atoms with Crippen LogP contribution < -0.4 is 5.14 Å². The molecule has 0 saturated heterocycles. The van der Waals surface area contributed by atoms with Crippen LogP contribution in [-0.4, -0.2) is 36.2 Å². The maximum atomic E-state index is 11.1. The summed E-state index contributed by atoms with van der Waals surface area (Å²) in [6.45, 7) is 4.77. The molecule has 0 aromatic carbocycles. The van der Waals surface area contributed by atoms with Gasteiger partial charge in [-0.3, -0.25) is 9.58 Å². The van der Waals surface area contributed by atoms with Crippen molar-refractivity contribution in [1.29, 1.82) is 0 Å². The van der Waals surface area contributed by atoms with Crippen molar-refractivity contribution < 1.29 is 8.42 Å². The summed E-state index contributed by atoms with van der Waals surface area (Å²) in [6.07, 6.45) is 0. The van der Waals surface area contributed by atoms with Crippen molar-refractivity contribution in [1.82, 2.24) is 14.7 Å². The number of aromatic nitrogens is 2. The normalized spacial score (nSPS) is 12.7. The van der Waals surface area contributed by atoms with Gasteiger partial charge in [0.2, 0.25) is 0 Å². The van der Waals surface area contributed by atoms with Crippen LogP contribution in [-0.2, 0) is 23.6 Å². The van der Waals surface area contributed by atoms with Crippen molar-refractivity contribution >= 4 is 10.0 Å². The molecule has 1 aromatic heterocycles. The van der Waals surface area contributed by atoms with Gasteiger partial charge < -0.3 is 0 Å². The van der Waals surface area contributed by atoms with Crippen LogP contribution in [0.4, 0.5) is 0 Å². The molecule has 0 saturated carbocycles. The summed E-state index contributed by atoms with van der Waals surface area (Å²) < 4.78 is 23.8. The molecular formula is C9H18N4O2S. The van der Waals surface area contributed by atoms with Crippen molar-refractivity contribution in [3.05, 3.63) is 11.8 Å². The van der Waals surface area contributed by atoms with E-state index in [1.807, 2.05) is 7.05 Å². The van der Waals surface area contributed by atoms with Crippen molar-refractivity contribution in [3.8, 4) is 0 Å². The fraction of sp³-hybridized carbons (Fsp3) is 0.667. The Morgan fingerprint density at radius 1 is 1.56 bits per heavy atom. The average Bonchev–Trinajstić information content (AvgIpc) is 2.47. The lowest BCUT2D eigenvalue weighted by Gasteiger charge is -2.20. The number of hydrogen-bond donors (Lipinski definition) is 1. The average molecular weight is 246 g/mol. The monoisotopic (exact) mass is 246 g/mol. The smallest absolute Gasteiger partial charge is 0.257 e. The quantitative estimate of drug-likeness (QED) is 0.805. The Kier molecular flexibility index (Phi) is 3.72. The largest absolute Gasteiger partial charge is 0.298 e. The van der Waals surface area contributed by atoms with E-state index in [-0.39, 0.29) is 5.03 Å². The van der Waals surface area contributed by atoms with Gasteiger partial charge in [-0.1, -0.05) is 0 Å². The molecule has 0 spiro atoms. The molecular weight excluding hydrogens is 228 g/mol. The number of aryl methyl sites for hydroxylation is 1. The summed E-state index contributed by atoms with van der Waals surface area (Å²) in [5.74, 6) is 0. The van der Waals surface area contributed by atoms with Gasteiger partial charge in [-0.2, -0.15) is 5.10 Å². The van der Waals surface area contributed by atoms with E-state index in [9.17, 15) is 8.42 Å². The maximum absolute atomic E-state index is 11.1. The van der Waals surface area contributed by atoms with E-state index < -0.39 is 10.0 Å². The lowest BCUT2D eigenvalue weighted by atomic mass is 10.3. The molecule has 0 aliphatic carbocycles. The minimum atomic E-state index is -3.71. The number of sulfonamides is 1. The molecule has 0 aliphatic heterocycles. The van der Waals surface area contributed by atoms with Gasteiger partial charge in [0.25, 0.3) is 10.0 Å². The summed E-state index contributed by atoms with van der Waals surface area (Å²) in [6, 6.07) is 1.89. The molecule has 0 amide bonds. The van der Waals surface area contributed by atoms with E-state index >= 15 is 0 Å². The molecule has 1 heterocycles. The second-order valence-electron chi connectivity index (χ2n) is 4.15. The summed E-state index contributed by atoms with van der Waals surface area (Å²) in [5, 5.41) is 8.80. The van der Waals surface area contributed by atoms with Gasteiger partial charge in [0.15, 0.2) is 5.03 Å². The van der Waals surface area contributed by atoms with Crippen LogP contribution in [0.15, 0.2) is 11.1 Å². The van der Waals surface area contributed by atoms with E-state index in [0.29, 0.717) is 12.6 Å². The lowest BCUT2D eigenvalue weighted by molar-refractivity contribution is 0.259. The molecule has 16 heavy (non-hydrogen) atoms. The van der Waals surface area contributed by atoms with Gasteiger partial charge >= 0.3 is 0 Å². The van der Waals surface area contributed by atoms with Gasteiger partial charge in [0.05, 0.1) is 5.69 Å². The van der Waals surface area contributed by atoms with Crippen LogP contribution in [0.1, 0.15) is 19.5 Å². The van der Waals surface area contributed by atoms with Gasteiger partial charge in [0, 0.05) is 25.7 Å². The van der Waals surface area contributed by atoms with Crippen molar-refractivity contribution in [2.24, 2.45) is 12.2 Å². The third-order valence-electron chi connectivity index (χ3n) is 2.54. The van der Waals surface area contributed by atoms with Crippen LogP contribution >= 0.6 is 0 Å². The van der Waals surface area contributed by atoms with Crippen LogP contribution in [0, 0.1) is 0 Å². The molecule has 0 fully saturated rings. The predicted molar refractivity (Wildman–Crippen MR) is 61.2 cm³/mol. The number of primary sulfonamides is 1. The van der Waals surface area contributed by atoms with Crippen LogP contribution in [0.5, 0.6) is 0 Å². The molecule has 0 atom stereocenters. The Morgan fingerprint density at radius 3 is 2.50 bits per heavy atom. The van der Waals surface area contributed by atoms with Gasteiger partial charge in [-0.15, -0.1) is 0 Å². The minimum absolute atomic E-state index is 0.0813. The Bertz CT molecular complexity index is 464. The third-order valence-corrected chi connectivity index (χ3v) is 3.32. The molecule has 2 N–H and O–H groups in total. The Labute approximate surface area is 96.1 Å². The van der Waals surface area contributed by atoms with E-state index in [2.05, 4.69) is 23.8 Å². The third kappa shape index (κ3) is 3.03. The van der Waals surface area contributed by atoms with E-state index in [0.717, 1.165) is 5.69 Å². The number of rotatable bonds is 4. The Balaban J connectivity index is 2.95. The molecule has 0 unspecified atom stereocenters. The summed E-state index contributed by atoms with van der Waals surface area (Å²) in [7, 11) is -0.0379. The van der Waals surface area contributed by atoms with E-state index in [4.69, 9.17) is 5.14 Å². The second kappa shape index (κ2) is 4.52. The van der Waals surface area contributed by atoms with Crippen LogP contribution in [0.3, 0.4) is 0 Å². The standard InChI is InChI=1S/C9H18N4O2S/c1-7(2)12(3)6-8-5-9(11-13(8)4)16(10,14)15/h5,7H,6H2,1-4H3,(H2,10,14,15). The summed E-state index contributed by atoms with van der Waals surface area (Å²) >= 11 is 0. The van der Waals surface area contributed by atoms with Crippen molar-refractivity contribution in [3.63, 3.8) is 0 Å². The summed E-state index contributed by atoms with van der Waals surface area (Å²) in [5.41, 5.74) is 0.820. The summed E-state index contributed by atoms with van der Waals surface area (Å²) in [4.78, 5) is 2.09. The molecule has 6 nitrogen and oxygen atoms in total. The fourth-order valence-electron chi connectivity index (χ4n) is 1.20. The van der Waals surface area contributed by atoms with Gasteiger partial charge in [-0.05, 0) is 20.9 Å². The topological polar surface area (TPSA) is 81.2 Å². The Hall–Kier alpha value is -0.920. The highest BCUT2D eigenvalue weighted by atomic mass is 32.2. The first-order chi connectivity index (χ1) is 7.21. The first-order valence-electron chi connectivity index (χ1n) is 4.97. The molecule has 0 radical (unpaired) electrons. The highest BCUT2D eigenvalue weighted by Gasteiger charge is 2.16. The van der Waals surface area contributed by atoms with Gasteiger partial charge in [-0.25, -0.2) is 13.6 Å². The van der Waals surface area contributed by atoms with Crippen LogP contribution in [0.25, 0.3) is 0 Å². The first-order valence-corrected chi connectivity index (χ1v) is 6.52. The zero-order valence-corrected chi connectivity index (χ0v) is 10.8. The lowest BCUT2D eigenvalue weighted by Crippen LogP contribution is -2.26. The Morgan fingerprint density at radius 2 is 2.12 bits per heavy atom. The molecule has 92 valence electrons. The molecule has 1 aromatic rings. The number of nitrogens with zero attached hydrogens (tertiary/aromatic N) is 3. The zero-order valence-electron chi connectivity index (χ0n) is 10.0. The molecule has 7 heteroatoms. The predicted octanol–water partition coefficient (Wildman–Crippen LogP) is -0.0923. The SMILES string of the molecule is CC(C)N(C)Cc1cc(S(N)(=O)=O)nn1C. The fourth-order valence-corrected chi connectivity index (χ4v) is 1.74. The highest BCUT2D eigenvalue weighted by Crippen LogP contribution is 2.10. The zero-order chi connectivity index (χ0) is 12.5. The molecule has 1 rings (SSSR count). The van der Waals surface area contributed by atoms with E-state index in [1.165, 1.54) is 6.07 Å². The molecule has 0 aliphatic rings. The number of nitrogens with two attached hydrogens (primary N) is 1. The maximum Gasteiger partial charge on any atom is 0.257 e. The highest BCUT2D eigenvalue weighted by molar-refractivity contribution is 7.89. The number of hydrogen-bond acceptors (Lipinski definition) is 4. The van der Waals surface area contributed by atoms with Gasteiger partial charge in [0.1, 0.15) is 0 Å². The second-order valence-corrected chi connectivity index (χ2v) is 5.66. The molecule has 0 bridgehead atoms. The first kappa shape index (κ1) is 13.1. The minimum Gasteiger partial charge on any atom is -0.298 e. The van der Waals surface area contributed by atoms with E-state index in [1.54, 1.807) is 11.7 Å². The van der Waals surface area contributed by atoms with Crippen LogP contribution in [0.2, 0.25) is 0 Å². The van der Waals surface area contributed by atoms with Crippen molar-refractivity contribution in [2.75, 3.05) is 7.05 Å².